The summed E-state index contributed by atoms with van der Waals surface area (Å²) >= 11 is 0. The summed E-state index contributed by atoms with van der Waals surface area (Å²) in [6, 6.07) is 0. The normalized spacial score (nSPS) is 11.1. The summed E-state index contributed by atoms with van der Waals surface area (Å²) < 4.78 is 3.90. The highest BCUT2D eigenvalue weighted by molar-refractivity contribution is 5.16. The predicted molar refractivity (Wildman–Crippen MR) is 71.3 cm³/mol. The molecule has 2 heterocycles. The van der Waals surface area contributed by atoms with E-state index in [4.69, 9.17) is 0 Å². The molecular weight excluding hydrogens is 226 g/mol. The van der Waals surface area contributed by atoms with Gasteiger partial charge in [-0.1, -0.05) is 6.92 Å². The van der Waals surface area contributed by atoms with E-state index in [0.717, 1.165) is 26.1 Å². The SMILES string of the molecule is CCNCc1cnn(CCc2cnn(C)c2)c1C. The molecule has 0 atom stereocenters. The lowest BCUT2D eigenvalue weighted by atomic mass is 10.2. The van der Waals surface area contributed by atoms with E-state index in [1.54, 1.807) is 0 Å². The Kier molecular flexibility index (Phi) is 4.15. The molecule has 1 N–H and O–H groups in total. The molecule has 2 aromatic heterocycles. The van der Waals surface area contributed by atoms with E-state index < -0.39 is 0 Å². The van der Waals surface area contributed by atoms with Gasteiger partial charge in [0, 0.05) is 37.6 Å². The first kappa shape index (κ1) is 12.8. The Morgan fingerprint density at radius 2 is 2.11 bits per heavy atom. The number of aromatic nitrogens is 4. The number of aryl methyl sites for hydroxylation is 3. The third-order valence-corrected chi connectivity index (χ3v) is 3.14. The molecule has 0 radical (unpaired) electrons. The van der Waals surface area contributed by atoms with Crippen LogP contribution >= 0.6 is 0 Å². The van der Waals surface area contributed by atoms with E-state index in [0.29, 0.717) is 0 Å². The summed E-state index contributed by atoms with van der Waals surface area (Å²) in [6.07, 6.45) is 6.90. The van der Waals surface area contributed by atoms with E-state index >= 15 is 0 Å². The second-order valence-corrected chi connectivity index (χ2v) is 4.53. The lowest BCUT2D eigenvalue weighted by Gasteiger charge is -2.05. The third kappa shape index (κ3) is 2.98. The molecule has 0 aliphatic carbocycles. The highest BCUT2D eigenvalue weighted by Gasteiger charge is 2.06. The zero-order valence-corrected chi connectivity index (χ0v) is 11.3. The number of rotatable bonds is 6. The zero-order valence-electron chi connectivity index (χ0n) is 11.3. The molecule has 2 rings (SSSR count). The predicted octanol–water partition coefficient (Wildman–Crippen LogP) is 1.28. The summed E-state index contributed by atoms with van der Waals surface area (Å²) in [5, 5.41) is 11.9. The van der Waals surface area contributed by atoms with Crippen molar-refractivity contribution in [1.29, 1.82) is 0 Å². The molecule has 2 aromatic rings. The van der Waals surface area contributed by atoms with Gasteiger partial charge in [0.25, 0.3) is 0 Å². The first-order valence-electron chi connectivity index (χ1n) is 6.40. The molecule has 0 amide bonds. The molecule has 0 aliphatic rings. The second kappa shape index (κ2) is 5.82. The van der Waals surface area contributed by atoms with Crippen molar-refractivity contribution in [3.8, 4) is 0 Å². The van der Waals surface area contributed by atoms with Crippen LogP contribution in [0.25, 0.3) is 0 Å². The van der Waals surface area contributed by atoms with Crippen molar-refractivity contribution < 1.29 is 0 Å². The monoisotopic (exact) mass is 247 g/mol. The number of hydrogen-bond acceptors (Lipinski definition) is 3. The van der Waals surface area contributed by atoms with Crippen molar-refractivity contribution in [3.63, 3.8) is 0 Å². The standard InChI is InChI=1S/C13H21N5/c1-4-14-8-13-9-16-18(11(13)2)6-5-12-7-15-17(3)10-12/h7,9-10,14H,4-6,8H2,1-3H3. The quantitative estimate of drug-likeness (QED) is 0.836. The molecule has 5 nitrogen and oxygen atoms in total. The fourth-order valence-electron chi connectivity index (χ4n) is 1.98. The summed E-state index contributed by atoms with van der Waals surface area (Å²) in [7, 11) is 1.94. The first-order chi connectivity index (χ1) is 8.70. The Bertz CT molecular complexity index is 497. The average Bonchev–Trinajstić information content (AvgIpc) is 2.92. The first-order valence-corrected chi connectivity index (χ1v) is 6.40. The van der Waals surface area contributed by atoms with Gasteiger partial charge in [-0.25, -0.2) is 0 Å². The molecule has 0 aromatic carbocycles. The van der Waals surface area contributed by atoms with Crippen LogP contribution in [0.4, 0.5) is 0 Å². The van der Waals surface area contributed by atoms with Crippen LogP contribution < -0.4 is 5.32 Å². The molecule has 18 heavy (non-hydrogen) atoms. The van der Waals surface area contributed by atoms with Gasteiger partial charge in [-0.2, -0.15) is 10.2 Å². The van der Waals surface area contributed by atoms with Crippen LogP contribution in [0.15, 0.2) is 18.6 Å². The lowest BCUT2D eigenvalue weighted by Crippen LogP contribution is -2.12. The van der Waals surface area contributed by atoms with Crippen molar-refractivity contribution in [3.05, 3.63) is 35.4 Å². The molecule has 5 heteroatoms. The van der Waals surface area contributed by atoms with Gasteiger partial charge in [-0.05, 0) is 25.5 Å². The smallest absolute Gasteiger partial charge is 0.0537 e. The summed E-state index contributed by atoms with van der Waals surface area (Å²) in [5.74, 6) is 0. The summed E-state index contributed by atoms with van der Waals surface area (Å²) in [6.45, 7) is 7.03. The molecule has 0 bridgehead atoms. The average molecular weight is 247 g/mol. The van der Waals surface area contributed by atoms with Crippen LogP contribution in [0.1, 0.15) is 23.7 Å². The highest BCUT2D eigenvalue weighted by Crippen LogP contribution is 2.08. The van der Waals surface area contributed by atoms with E-state index in [9.17, 15) is 0 Å². The minimum absolute atomic E-state index is 0.898. The number of nitrogens with one attached hydrogen (secondary N) is 1. The van der Waals surface area contributed by atoms with Crippen LogP contribution in [-0.2, 0) is 26.6 Å². The Morgan fingerprint density at radius 3 is 2.78 bits per heavy atom. The molecule has 98 valence electrons. The van der Waals surface area contributed by atoms with Crippen molar-refractivity contribution in [2.24, 2.45) is 7.05 Å². The van der Waals surface area contributed by atoms with Crippen molar-refractivity contribution in [2.75, 3.05) is 6.54 Å². The minimum atomic E-state index is 0.898. The van der Waals surface area contributed by atoms with Gasteiger partial charge in [-0.3, -0.25) is 9.36 Å². The Morgan fingerprint density at radius 1 is 1.28 bits per heavy atom. The van der Waals surface area contributed by atoms with E-state index in [1.807, 2.05) is 24.1 Å². The molecule has 0 saturated heterocycles. The van der Waals surface area contributed by atoms with Gasteiger partial charge in [0.1, 0.15) is 0 Å². The van der Waals surface area contributed by atoms with Crippen molar-refractivity contribution in [1.82, 2.24) is 24.9 Å². The fraction of sp³-hybridized carbons (Fsp3) is 0.538. The fourth-order valence-corrected chi connectivity index (χ4v) is 1.98. The van der Waals surface area contributed by atoms with Crippen molar-refractivity contribution >= 4 is 0 Å². The van der Waals surface area contributed by atoms with Gasteiger partial charge in [-0.15, -0.1) is 0 Å². The topological polar surface area (TPSA) is 47.7 Å². The largest absolute Gasteiger partial charge is 0.313 e. The van der Waals surface area contributed by atoms with Crippen LogP contribution in [0.3, 0.4) is 0 Å². The summed E-state index contributed by atoms with van der Waals surface area (Å²) in [5.41, 5.74) is 3.78. The van der Waals surface area contributed by atoms with E-state index in [1.165, 1.54) is 16.8 Å². The van der Waals surface area contributed by atoms with Gasteiger partial charge in [0.05, 0.1) is 12.4 Å². The molecule has 0 spiro atoms. The minimum Gasteiger partial charge on any atom is -0.313 e. The number of nitrogens with zero attached hydrogens (tertiary/aromatic N) is 4. The zero-order chi connectivity index (χ0) is 13.0. The molecular formula is C13H21N5. The van der Waals surface area contributed by atoms with Crippen LogP contribution in [-0.4, -0.2) is 26.1 Å². The van der Waals surface area contributed by atoms with Crippen molar-refractivity contribution in [2.45, 2.75) is 33.4 Å². The highest BCUT2D eigenvalue weighted by atomic mass is 15.3. The molecule has 0 saturated carbocycles. The van der Waals surface area contributed by atoms with Gasteiger partial charge < -0.3 is 5.32 Å². The van der Waals surface area contributed by atoms with Gasteiger partial charge in [0.15, 0.2) is 0 Å². The van der Waals surface area contributed by atoms with E-state index in [-0.39, 0.29) is 0 Å². The molecule has 0 unspecified atom stereocenters. The maximum absolute atomic E-state index is 4.44. The van der Waals surface area contributed by atoms with Crippen LogP contribution in [0, 0.1) is 6.92 Å². The Labute approximate surface area is 108 Å². The number of hydrogen-bond donors (Lipinski definition) is 1. The summed E-state index contributed by atoms with van der Waals surface area (Å²) in [4.78, 5) is 0. The lowest BCUT2D eigenvalue weighted by molar-refractivity contribution is 0.595. The Balaban J connectivity index is 1.95. The van der Waals surface area contributed by atoms with Crippen LogP contribution in [0.2, 0.25) is 0 Å². The maximum atomic E-state index is 4.44. The maximum Gasteiger partial charge on any atom is 0.0537 e. The van der Waals surface area contributed by atoms with E-state index in [2.05, 4.69) is 40.2 Å². The third-order valence-electron chi connectivity index (χ3n) is 3.14. The van der Waals surface area contributed by atoms with Crippen LogP contribution in [0.5, 0.6) is 0 Å². The molecule has 0 aliphatic heterocycles. The van der Waals surface area contributed by atoms with Gasteiger partial charge in [0.2, 0.25) is 0 Å². The Hall–Kier alpha value is -1.62. The second-order valence-electron chi connectivity index (χ2n) is 4.53. The van der Waals surface area contributed by atoms with Gasteiger partial charge >= 0.3 is 0 Å². The molecule has 0 fully saturated rings.